The van der Waals surface area contributed by atoms with Crippen molar-refractivity contribution in [3.8, 4) is 11.5 Å². The lowest BCUT2D eigenvalue weighted by atomic mass is 10.2. The van der Waals surface area contributed by atoms with E-state index in [-0.39, 0.29) is 11.4 Å². The van der Waals surface area contributed by atoms with Crippen LogP contribution in [0.4, 0.5) is 5.69 Å². The number of ether oxygens (including phenoxy) is 2. The van der Waals surface area contributed by atoms with Crippen LogP contribution in [0.25, 0.3) is 0 Å². The molecule has 0 aliphatic carbocycles. The molecular weight excluding hydrogens is 402 g/mol. The van der Waals surface area contributed by atoms with Crippen molar-refractivity contribution in [2.45, 2.75) is 0 Å². The number of esters is 1. The summed E-state index contributed by atoms with van der Waals surface area (Å²) in [7, 11) is 0. The zero-order chi connectivity index (χ0) is 22.1. The van der Waals surface area contributed by atoms with Crippen molar-refractivity contribution in [2.24, 2.45) is 5.10 Å². The minimum absolute atomic E-state index is 0.0143. The molecule has 0 spiro atoms. The molecular formula is C22H17N3O6. The highest BCUT2D eigenvalue weighted by atomic mass is 16.6. The molecule has 0 bridgehead atoms. The quantitative estimate of drug-likeness (QED) is 0.197. The number of amides is 1. The molecule has 9 heteroatoms. The van der Waals surface area contributed by atoms with Crippen LogP contribution in [0.5, 0.6) is 11.5 Å². The molecule has 0 saturated carbocycles. The van der Waals surface area contributed by atoms with Crippen molar-refractivity contribution in [3.63, 3.8) is 0 Å². The normalized spacial score (nSPS) is 10.5. The molecule has 1 amide bonds. The summed E-state index contributed by atoms with van der Waals surface area (Å²) in [5, 5.41) is 14.8. The summed E-state index contributed by atoms with van der Waals surface area (Å²) in [5.74, 6) is -0.778. The van der Waals surface area contributed by atoms with Crippen LogP contribution in [0.3, 0.4) is 0 Å². The molecule has 0 aliphatic heterocycles. The van der Waals surface area contributed by atoms with E-state index in [1.165, 1.54) is 24.4 Å². The average molecular weight is 419 g/mol. The SMILES string of the molecule is O=C(COc1ccccc1[N+](=O)[O-])NN=Cc1cccc(OC(=O)c2ccccc2)c1. The lowest BCUT2D eigenvalue weighted by molar-refractivity contribution is -0.385. The van der Waals surface area contributed by atoms with Crippen molar-refractivity contribution in [1.29, 1.82) is 0 Å². The van der Waals surface area contributed by atoms with Crippen LogP contribution in [-0.4, -0.2) is 29.6 Å². The highest BCUT2D eigenvalue weighted by Gasteiger charge is 2.14. The smallest absolute Gasteiger partial charge is 0.343 e. The number of carbonyl (C=O) groups is 2. The summed E-state index contributed by atoms with van der Waals surface area (Å²) in [6.07, 6.45) is 1.36. The summed E-state index contributed by atoms with van der Waals surface area (Å²) >= 11 is 0. The van der Waals surface area contributed by atoms with Crippen LogP contribution >= 0.6 is 0 Å². The first kappa shape index (κ1) is 21.2. The number of benzene rings is 3. The number of hydrogen-bond acceptors (Lipinski definition) is 7. The highest BCUT2D eigenvalue weighted by Crippen LogP contribution is 2.25. The third kappa shape index (κ3) is 6.23. The fourth-order valence-corrected chi connectivity index (χ4v) is 2.48. The van der Waals surface area contributed by atoms with E-state index in [1.54, 1.807) is 60.7 Å². The predicted molar refractivity (Wildman–Crippen MR) is 112 cm³/mol. The monoisotopic (exact) mass is 419 g/mol. The van der Waals surface area contributed by atoms with Gasteiger partial charge in [-0.05, 0) is 35.9 Å². The van der Waals surface area contributed by atoms with Gasteiger partial charge in [-0.3, -0.25) is 14.9 Å². The second-order valence-corrected chi connectivity index (χ2v) is 6.13. The second-order valence-electron chi connectivity index (χ2n) is 6.13. The number of nitrogens with zero attached hydrogens (tertiary/aromatic N) is 2. The predicted octanol–water partition coefficient (Wildman–Crippen LogP) is 3.34. The first-order valence-corrected chi connectivity index (χ1v) is 9.08. The minimum Gasteiger partial charge on any atom is -0.477 e. The fourth-order valence-electron chi connectivity index (χ4n) is 2.48. The van der Waals surface area contributed by atoms with E-state index in [2.05, 4.69) is 10.5 Å². The van der Waals surface area contributed by atoms with E-state index in [9.17, 15) is 19.7 Å². The maximum atomic E-state index is 12.1. The number of nitro groups is 1. The molecule has 0 heterocycles. The van der Waals surface area contributed by atoms with Gasteiger partial charge in [-0.15, -0.1) is 0 Å². The van der Waals surface area contributed by atoms with Gasteiger partial charge in [0.15, 0.2) is 12.4 Å². The molecule has 1 N–H and O–H groups in total. The van der Waals surface area contributed by atoms with Gasteiger partial charge in [-0.2, -0.15) is 5.10 Å². The van der Waals surface area contributed by atoms with Gasteiger partial charge >= 0.3 is 11.7 Å². The number of nitrogens with one attached hydrogen (secondary N) is 1. The van der Waals surface area contributed by atoms with Gasteiger partial charge in [0.1, 0.15) is 5.75 Å². The Labute approximate surface area is 177 Å². The number of rotatable bonds is 8. The van der Waals surface area contributed by atoms with Crippen LogP contribution in [0.2, 0.25) is 0 Å². The molecule has 0 aliphatic rings. The molecule has 156 valence electrons. The van der Waals surface area contributed by atoms with Crippen molar-refractivity contribution in [3.05, 3.63) is 100 Å². The average Bonchev–Trinajstić information content (AvgIpc) is 2.78. The maximum Gasteiger partial charge on any atom is 0.343 e. The third-order valence-corrected chi connectivity index (χ3v) is 3.90. The van der Waals surface area contributed by atoms with Crippen molar-refractivity contribution < 1.29 is 24.0 Å². The Kier molecular flexibility index (Phi) is 7.04. The number of para-hydroxylation sites is 2. The van der Waals surface area contributed by atoms with Crippen LogP contribution < -0.4 is 14.9 Å². The Morgan fingerprint density at radius 2 is 1.74 bits per heavy atom. The zero-order valence-electron chi connectivity index (χ0n) is 16.1. The Balaban J connectivity index is 1.53. The zero-order valence-corrected chi connectivity index (χ0v) is 16.1. The maximum absolute atomic E-state index is 12.1. The third-order valence-electron chi connectivity index (χ3n) is 3.90. The molecule has 0 radical (unpaired) electrons. The number of hydrazone groups is 1. The molecule has 3 rings (SSSR count). The van der Waals surface area contributed by atoms with Gasteiger partial charge in [0.25, 0.3) is 5.91 Å². The highest BCUT2D eigenvalue weighted by molar-refractivity contribution is 5.91. The van der Waals surface area contributed by atoms with Gasteiger partial charge < -0.3 is 9.47 Å². The lowest BCUT2D eigenvalue weighted by Crippen LogP contribution is -2.24. The first-order chi connectivity index (χ1) is 15.0. The summed E-state index contributed by atoms with van der Waals surface area (Å²) in [6.45, 7) is -0.447. The van der Waals surface area contributed by atoms with E-state index in [0.717, 1.165) is 0 Å². The number of nitro benzene ring substituents is 1. The van der Waals surface area contributed by atoms with E-state index in [1.807, 2.05) is 0 Å². The van der Waals surface area contributed by atoms with Crippen LogP contribution in [0, 0.1) is 10.1 Å². The van der Waals surface area contributed by atoms with Crippen molar-refractivity contribution >= 4 is 23.8 Å². The molecule has 0 aromatic heterocycles. The molecule has 9 nitrogen and oxygen atoms in total. The first-order valence-electron chi connectivity index (χ1n) is 9.08. The number of hydrogen-bond donors (Lipinski definition) is 1. The van der Waals surface area contributed by atoms with E-state index in [4.69, 9.17) is 9.47 Å². The summed E-state index contributed by atoms with van der Waals surface area (Å²) in [4.78, 5) is 34.3. The van der Waals surface area contributed by atoms with Gasteiger partial charge in [0.2, 0.25) is 0 Å². The Bertz CT molecular complexity index is 1110. The van der Waals surface area contributed by atoms with Gasteiger partial charge in [0.05, 0.1) is 16.7 Å². The summed E-state index contributed by atoms with van der Waals surface area (Å²) in [6, 6.07) is 20.9. The van der Waals surface area contributed by atoms with Gasteiger partial charge in [-0.1, -0.05) is 42.5 Å². The van der Waals surface area contributed by atoms with Crippen molar-refractivity contribution in [2.75, 3.05) is 6.61 Å². The Morgan fingerprint density at radius 3 is 2.52 bits per heavy atom. The fraction of sp³-hybridized carbons (Fsp3) is 0.0455. The topological polar surface area (TPSA) is 120 Å². The molecule has 0 atom stereocenters. The molecule has 0 unspecified atom stereocenters. The van der Waals surface area contributed by atoms with Crippen LogP contribution in [0.15, 0.2) is 84.0 Å². The second kappa shape index (κ2) is 10.3. The Morgan fingerprint density at radius 1 is 1.00 bits per heavy atom. The largest absolute Gasteiger partial charge is 0.477 e. The molecule has 3 aromatic rings. The van der Waals surface area contributed by atoms with Crippen molar-refractivity contribution in [1.82, 2.24) is 5.43 Å². The lowest BCUT2D eigenvalue weighted by Gasteiger charge is -2.06. The molecule has 0 saturated heterocycles. The summed E-state index contributed by atoms with van der Waals surface area (Å²) in [5.41, 5.74) is 3.03. The molecule has 31 heavy (non-hydrogen) atoms. The van der Waals surface area contributed by atoms with E-state index in [0.29, 0.717) is 16.9 Å². The van der Waals surface area contributed by atoms with Gasteiger partial charge in [-0.25, -0.2) is 10.2 Å². The Hall–Kier alpha value is -4.53. The molecule has 3 aromatic carbocycles. The molecule has 0 fully saturated rings. The van der Waals surface area contributed by atoms with Gasteiger partial charge in [0, 0.05) is 6.07 Å². The summed E-state index contributed by atoms with van der Waals surface area (Å²) < 4.78 is 10.5. The van der Waals surface area contributed by atoms with E-state index < -0.39 is 23.4 Å². The number of carbonyl (C=O) groups excluding carboxylic acids is 2. The van der Waals surface area contributed by atoms with Crippen LogP contribution in [0.1, 0.15) is 15.9 Å². The van der Waals surface area contributed by atoms with Crippen LogP contribution in [-0.2, 0) is 4.79 Å². The standard InChI is InChI=1S/C22H17N3O6/c26-21(15-30-20-12-5-4-11-19(20)25(28)29)24-23-14-16-7-6-10-18(13-16)31-22(27)17-8-2-1-3-9-17/h1-14H,15H2,(H,24,26). The van der Waals surface area contributed by atoms with E-state index >= 15 is 0 Å². The minimum atomic E-state index is -0.596.